The summed E-state index contributed by atoms with van der Waals surface area (Å²) in [5.41, 5.74) is 1.07. The molecule has 1 amide bonds. The maximum atomic E-state index is 12.3. The predicted molar refractivity (Wildman–Crippen MR) is 84.4 cm³/mol. The van der Waals surface area contributed by atoms with E-state index in [0.717, 1.165) is 12.0 Å². The Morgan fingerprint density at radius 3 is 2.59 bits per heavy atom. The summed E-state index contributed by atoms with van der Waals surface area (Å²) in [5.74, 6) is -0.690. The van der Waals surface area contributed by atoms with Gasteiger partial charge in [0.25, 0.3) is 0 Å². The lowest BCUT2D eigenvalue weighted by Gasteiger charge is -2.26. The second-order valence-electron chi connectivity index (χ2n) is 6.17. The number of nitrogens with zero attached hydrogens (tertiary/aromatic N) is 1. The first-order chi connectivity index (χ1) is 10.5. The van der Waals surface area contributed by atoms with Gasteiger partial charge in [0.1, 0.15) is 6.04 Å². The molecule has 120 valence electrons. The molecule has 1 heterocycles. The van der Waals surface area contributed by atoms with Crippen LogP contribution in [0.3, 0.4) is 0 Å². The third kappa shape index (κ3) is 4.07. The van der Waals surface area contributed by atoms with Crippen LogP contribution in [0.2, 0.25) is 0 Å². The van der Waals surface area contributed by atoms with E-state index in [9.17, 15) is 14.7 Å². The summed E-state index contributed by atoms with van der Waals surface area (Å²) < 4.78 is 0. The Morgan fingerprint density at radius 1 is 1.32 bits per heavy atom. The van der Waals surface area contributed by atoms with Crippen LogP contribution < -0.4 is 5.32 Å². The summed E-state index contributed by atoms with van der Waals surface area (Å²) in [7, 11) is 0. The van der Waals surface area contributed by atoms with Crippen LogP contribution in [0.1, 0.15) is 38.3 Å². The number of amides is 1. The number of benzene rings is 1. The van der Waals surface area contributed by atoms with Crippen molar-refractivity contribution in [1.29, 1.82) is 0 Å². The highest BCUT2D eigenvalue weighted by molar-refractivity contribution is 5.80. The number of carboxylic acid groups (broad SMARTS) is 1. The topological polar surface area (TPSA) is 69.6 Å². The Labute approximate surface area is 131 Å². The molecule has 0 aliphatic carbocycles. The van der Waals surface area contributed by atoms with Gasteiger partial charge in [-0.15, -0.1) is 0 Å². The van der Waals surface area contributed by atoms with Gasteiger partial charge in [0.2, 0.25) is 5.91 Å². The lowest BCUT2D eigenvalue weighted by molar-refractivity contribution is -0.142. The number of nitrogens with one attached hydrogen (secondary N) is 1. The van der Waals surface area contributed by atoms with E-state index in [0.29, 0.717) is 13.0 Å². The zero-order valence-electron chi connectivity index (χ0n) is 13.2. The van der Waals surface area contributed by atoms with Gasteiger partial charge in [-0.3, -0.25) is 14.5 Å². The highest BCUT2D eigenvalue weighted by Gasteiger charge is 2.32. The second-order valence-corrected chi connectivity index (χ2v) is 6.17. The minimum Gasteiger partial charge on any atom is -0.480 e. The normalized spacial score (nSPS) is 20.0. The minimum atomic E-state index is -0.839. The SMILES string of the molecule is CC(C)C(NC(=O)CN1CCC[C@H]1C(=O)O)c1ccccc1. The van der Waals surface area contributed by atoms with Gasteiger partial charge in [-0.2, -0.15) is 0 Å². The van der Waals surface area contributed by atoms with Crippen LogP contribution in [0.15, 0.2) is 30.3 Å². The highest BCUT2D eigenvalue weighted by atomic mass is 16.4. The van der Waals surface area contributed by atoms with E-state index >= 15 is 0 Å². The van der Waals surface area contributed by atoms with Crippen molar-refractivity contribution in [3.63, 3.8) is 0 Å². The van der Waals surface area contributed by atoms with Crippen molar-refractivity contribution in [2.75, 3.05) is 13.1 Å². The molecule has 5 nitrogen and oxygen atoms in total. The van der Waals surface area contributed by atoms with E-state index in [-0.39, 0.29) is 24.4 Å². The van der Waals surface area contributed by atoms with Crippen LogP contribution in [-0.2, 0) is 9.59 Å². The molecule has 1 unspecified atom stereocenters. The van der Waals surface area contributed by atoms with Gasteiger partial charge in [-0.1, -0.05) is 44.2 Å². The first-order valence-electron chi connectivity index (χ1n) is 7.80. The van der Waals surface area contributed by atoms with Gasteiger partial charge >= 0.3 is 5.97 Å². The van der Waals surface area contributed by atoms with E-state index in [1.807, 2.05) is 30.3 Å². The maximum absolute atomic E-state index is 12.3. The van der Waals surface area contributed by atoms with Crippen molar-refractivity contribution in [2.24, 2.45) is 5.92 Å². The number of hydrogen-bond acceptors (Lipinski definition) is 3. The van der Waals surface area contributed by atoms with Gasteiger partial charge in [0, 0.05) is 0 Å². The van der Waals surface area contributed by atoms with Crippen molar-refractivity contribution in [1.82, 2.24) is 10.2 Å². The Balaban J connectivity index is 1.99. The molecule has 22 heavy (non-hydrogen) atoms. The molecule has 0 spiro atoms. The Bertz CT molecular complexity index is 516. The molecule has 0 radical (unpaired) electrons. The molecule has 1 saturated heterocycles. The summed E-state index contributed by atoms with van der Waals surface area (Å²) in [6.07, 6.45) is 1.45. The Morgan fingerprint density at radius 2 is 2.00 bits per heavy atom. The zero-order chi connectivity index (χ0) is 16.1. The van der Waals surface area contributed by atoms with Crippen molar-refractivity contribution < 1.29 is 14.7 Å². The molecule has 1 aromatic carbocycles. The van der Waals surface area contributed by atoms with Gasteiger partial charge in [-0.05, 0) is 30.9 Å². The summed E-state index contributed by atoms with van der Waals surface area (Å²) in [6.45, 7) is 4.94. The lowest BCUT2D eigenvalue weighted by Crippen LogP contribution is -2.44. The molecule has 0 saturated carbocycles. The molecule has 1 aliphatic heterocycles. The van der Waals surface area contributed by atoms with E-state index in [2.05, 4.69) is 19.2 Å². The van der Waals surface area contributed by atoms with Crippen molar-refractivity contribution in [3.8, 4) is 0 Å². The monoisotopic (exact) mass is 304 g/mol. The number of carbonyl (C=O) groups is 2. The van der Waals surface area contributed by atoms with Crippen LogP contribution in [0.4, 0.5) is 0 Å². The lowest BCUT2D eigenvalue weighted by atomic mass is 9.96. The first kappa shape index (κ1) is 16.5. The summed E-state index contributed by atoms with van der Waals surface area (Å²) in [6, 6.07) is 9.28. The molecule has 2 N–H and O–H groups in total. The fourth-order valence-corrected chi connectivity index (χ4v) is 2.99. The maximum Gasteiger partial charge on any atom is 0.320 e. The van der Waals surface area contributed by atoms with Crippen molar-refractivity contribution in [2.45, 2.75) is 38.8 Å². The number of aliphatic carboxylic acids is 1. The average Bonchev–Trinajstić information content (AvgIpc) is 2.93. The van der Waals surface area contributed by atoms with Gasteiger partial charge in [-0.25, -0.2) is 0 Å². The third-order valence-electron chi connectivity index (χ3n) is 4.14. The van der Waals surface area contributed by atoms with Gasteiger partial charge < -0.3 is 10.4 Å². The number of hydrogen-bond donors (Lipinski definition) is 2. The zero-order valence-corrected chi connectivity index (χ0v) is 13.2. The summed E-state index contributed by atoms with van der Waals surface area (Å²) in [4.78, 5) is 25.2. The predicted octanol–water partition coefficient (Wildman–Crippen LogP) is 2.05. The van der Waals surface area contributed by atoms with E-state index in [1.54, 1.807) is 4.90 Å². The molecule has 5 heteroatoms. The van der Waals surface area contributed by atoms with Crippen molar-refractivity contribution in [3.05, 3.63) is 35.9 Å². The van der Waals surface area contributed by atoms with Crippen LogP contribution in [-0.4, -0.2) is 41.0 Å². The fourth-order valence-electron chi connectivity index (χ4n) is 2.99. The summed E-state index contributed by atoms with van der Waals surface area (Å²) in [5, 5.41) is 12.2. The number of rotatable bonds is 6. The van der Waals surface area contributed by atoms with Crippen molar-refractivity contribution >= 4 is 11.9 Å². The van der Waals surface area contributed by atoms with E-state index in [4.69, 9.17) is 0 Å². The van der Waals surface area contributed by atoms with Crippen LogP contribution >= 0.6 is 0 Å². The number of likely N-dealkylation sites (tertiary alicyclic amines) is 1. The quantitative estimate of drug-likeness (QED) is 0.844. The van der Waals surface area contributed by atoms with Gasteiger partial charge in [0.15, 0.2) is 0 Å². The molecule has 1 fully saturated rings. The Kier molecular flexibility index (Phi) is 5.55. The van der Waals surface area contributed by atoms with E-state index < -0.39 is 12.0 Å². The van der Waals surface area contributed by atoms with E-state index in [1.165, 1.54) is 0 Å². The largest absolute Gasteiger partial charge is 0.480 e. The summed E-state index contributed by atoms with van der Waals surface area (Å²) >= 11 is 0. The minimum absolute atomic E-state index is 0.0559. The molecular weight excluding hydrogens is 280 g/mol. The standard InChI is InChI=1S/C17H24N2O3/c1-12(2)16(13-7-4-3-5-8-13)18-15(20)11-19-10-6-9-14(19)17(21)22/h3-5,7-8,12,14,16H,6,9-11H2,1-2H3,(H,18,20)(H,21,22)/t14-,16?/m0/s1. The van der Waals surface area contributed by atoms with Crippen LogP contribution in [0.25, 0.3) is 0 Å². The first-order valence-corrected chi connectivity index (χ1v) is 7.80. The third-order valence-corrected chi connectivity index (χ3v) is 4.14. The number of carbonyl (C=O) groups excluding carboxylic acids is 1. The van der Waals surface area contributed by atoms with Gasteiger partial charge in [0.05, 0.1) is 12.6 Å². The molecular formula is C17H24N2O3. The van der Waals surface area contributed by atoms with Crippen LogP contribution in [0, 0.1) is 5.92 Å². The highest BCUT2D eigenvalue weighted by Crippen LogP contribution is 2.22. The molecule has 1 aliphatic rings. The molecule has 2 atom stereocenters. The average molecular weight is 304 g/mol. The molecule has 1 aromatic rings. The van der Waals surface area contributed by atoms with Crippen LogP contribution in [0.5, 0.6) is 0 Å². The molecule has 2 rings (SSSR count). The second kappa shape index (κ2) is 7.40. The molecule has 0 aromatic heterocycles. The molecule has 0 bridgehead atoms. The Hall–Kier alpha value is -1.88. The fraction of sp³-hybridized carbons (Fsp3) is 0.529. The number of carboxylic acids is 1. The smallest absolute Gasteiger partial charge is 0.320 e.